The summed E-state index contributed by atoms with van der Waals surface area (Å²) < 4.78 is 0. The zero-order valence-electron chi connectivity index (χ0n) is 16.5. The van der Waals surface area contributed by atoms with Crippen LogP contribution in [0.4, 0.5) is 0 Å². The SMILES string of the molecule is CCC(=O)NC[C@@H](CC)C(=O)N1C[C@@H]2[C@H](C1)[C@H]2c1ccc(C(C)C)cc1. The molecule has 1 aliphatic carbocycles. The molecule has 1 N–H and O–H groups in total. The molecule has 0 bridgehead atoms. The first-order valence-electron chi connectivity index (χ1n) is 10.1. The minimum atomic E-state index is -0.0909. The van der Waals surface area contributed by atoms with Gasteiger partial charge in [0.25, 0.3) is 0 Å². The van der Waals surface area contributed by atoms with Crippen LogP contribution >= 0.6 is 0 Å². The molecule has 1 saturated carbocycles. The summed E-state index contributed by atoms with van der Waals surface area (Å²) in [5.41, 5.74) is 2.81. The third-order valence-electron chi connectivity index (χ3n) is 6.20. The van der Waals surface area contributed by atoms with Gasteiger partial charge in [-0.05, 0) is 41.2 Å². The van der Waals surface area contributed by atoms with Gasteiger partial charge in [-0.1, -0.05) is 52.0 Å². The topological polar surface area (TPSA) is 49.4 Å². The van der Waals surface area contributed by atoms with Gasteiger partial charge in [-0.2, -0.15) is 0 Å². The zero-order chi connectivity index (χ0) is 18.8. The van der Waals surface area contributed by atoms with Gasteiger partial charge in [-0.3, -0.25) is 9.59 Å². The molecule has 4 nitrogen and oxygen atoms in total. The summed E-state index contributed by atoms with van der Waals surface area (Å²) >= 11 is 0. The first kappa shape index (κ1) is 18.9. The Morgan fingerprint density at radius 2 is 1.73 bits per heavy atom. The number of hydrogen-bond acceptors (Lipinski definition) is 2. The molecule has 4 heteroatoms. The fourth-order valence-electron chi connectivity index (χ4n) is 4.33. The third-order valence-corrected chi connectivity index (χ3v) is 6.20. The number of carbonyl (C=O) groups is 2. The van der Waals surface area contributed by atoms with E-state index in [0.29, 0.717) is 36.6 Å². The van der Waals surface area contributed by atoms with E-state index in [1.54, 1.807) is 0 Å². The lowest BCUT2D eigenvalue weighted by Gasteiger charge is -2.25. The Bertz CT molecular complexity index is 641. The zero-order valence-corrected chi connectivity index (χ0v) is 16.5. The molecule has 1 aliphatic heterocycles. The van der Waals surface area contributed by atoms with Crippen LogP contribution in [0.2, 0.25) is 0 Å². The number of piperidine rings is 1. The second kappa shape index (κ2) is 7.81. The maximum atomic E-state index is 12.8. The largest absolute Gasteiger partial charge is 0.355 e. The van der Waals surface area contributed by atoms with Crippen molar-refractivity contribution in [3.05, 3.63) is 35.4 Å². The first-order chi connectivity index (χ1) is 12.5. The fraction of sp³-hybridized carbons (Fsp3) is 0.636. The highest BCUT2D eigenvalue weighted by molar-refractivity contribution is 5.81. The number of rotatable bonds is 7. The van der Waals surface area contributed by atoms with Crippen molar-refractivity contribution in [1.29, 1.82) is 0 Å². The van der Waals surface area contributed by atoms with Crippen molar-refractivity contribution in [3.8, 4) is 0 Å². The molecule has 0 radical (unpaired) electrons. The van der Waals surface area contributed by atoms with Gasteiger partial charge in [0.1, 0.15) is 0 Å². The molecular formula is C22H32N2O2. The van der Waals surface area contributed by atoms with E-state index < -0.39 is 0 Å². The molecule has 3 rings (SSSR count). The summed E-state index contributed by atoms with van der Waals surface area (Å²) in [6.45, 7) is 10.5. The van der Waals surface area contributed by atoms with Gasteiger partial charge in [-0.15, -0.1) is 0 Å². The Hall–Kier alpha value is -1.84. The predicted octanol–water partition coefficient (Wildman–Crippen LogP) is 3.53. The second-order valence-electron chi connectivity index (χ2n) is 8.18. The van der Waals surface area contributed by atoms with E-state index in [4.69, 9.17) is 0 Å². The number of amides is 2. The molecule has 1 saturated heterocycles. The highest BCUT2D eigenvalue weighted by atomic mass is 16.2. The van der Waals surface area contributed by atoms with E-state index >= 15 is 0 Å². The van der Waals surface area contributed by atoms with E-state index in [-0.39, 0.29) is 17.7 Å². The molecule has 142 valence electrons. The lowest BCUT2D eigenvalue weighted by Crippen LogP contribution is -2.41. The molecule has 0 unspecified atom stereocenters. The van der Waals surface area contributed by atoms with E-state index in [2.05, 4.69) is 43.4 Å². The number of likely N-dealkylation sites (tertiary alicyclic amines) is 1. The van der Waals surface area contributed by atoms with Crippen LogP contribution in [-0.2, 0) is 9.59 Å². The van der Waals surface area contributed by atoms with Crippen LogP contribution in [0, 0.1) is 17.8 Å². The van der Waals surface area contributed by atoms with Crippen LogP contribution in [0.15, 0.2) is 24.3 Å². The van der Waals surface area contributed by atoms with Crippen molar-refractivity contribution in [1.82, 2.24) is 10.2 Å². The summed E-state index contributed by atoms with van der Waals surface area (Å²) in [7, 11) is 0. The Balaban J connectivity index is 1.53. The smallest absolute Gasteiger partial charge is 0.227 e. The van der Waals surface area contributed by atoms with Crippen LogP contribution in [0.3, 0.4) is 0 Å². The summed E-state index contributed by atoms with van der Waals surface area (Å²) in [6.07, 6.45) is 1.24. The molecule has 2 amide bonds. The maximum absolute atomic E-state index is 12.8. The standard InChI is InChI=1S/C22H32N2O2/c1-5-15(11-23-20(25)6-2)22(26)24-12-18-19(13-24)21(18)17-9-7-16(8-10-17)14(3)4/h7-10,14-15,18-19,21H,5-6,11-13H2,1-4H3,(H,23,25)/t15-,18-,19+,21+/m1/s1. The van der Waals surface area contributed by atoms with Crippen molar-refractivity contribution < 1.29 is 9.59 Å². The minimum Gasteiger partial charge on any atom is -0.355 e. The van der Waals surface area contributed by atoms with Gasteiger partial charge in [0.15, 0.2) is 0 Å². The Morgan fingerprint density at radius 3 is 2.23 bits per heavy atom. The van der Waals surface area contributed by atoms with Crippen LogP contribution < -0.4 is 5.32 Å². The summed E-state index contributed by atoms with van der Waals surface area (Å²) in [4.78, 5) is 26.3. The van der Waals surface area contributed by atoms with E-state index in [9.17, 15) is 9.59 Å². The Morgan fingerprint density at radius 1 is 1.12 bits per heavy atom. The molecule has 1 aromatic carbocycles. The normalized spacial score (nSPS) is 25.1. The van der Waals surface area contributed by atoms with E-state index in [1.165, 1.54) is 11.1 Å². The molecule has 26 heavy (non-hydrogen) atoms. The van der Waals surface area contributed by atoms with Crippen LogP contribution in [0.25, 0.3) is 0 Å². The van der Waals surface area contributed by atoms with Crippen molar-refractivity contribution in [3.63, 3.8) is 0 Å². The van der Waals surface area contributed by atoms with Gasteiger partial charge in [0, 0.05) is 26.1 Å². The highest BCUT2D eigenvalue weighted by Gasteiger charge is 2.57. The molecule has 1 aromatic rings. The van der Waals surface area contributed by atoms with Crippen LogP contribution in [0.1, 0.15) is 63.5 Å². The molecule has 0 aromatic heterocycles. The van der Waals surface area contributed by atoms with Crippen LogP contribution in [0.5, 0.6) is 0 Å². The number of fused-ring (bicyclic) bond motifs is 1. The molecule has 4 atom stereocenters. The van der Waals surface area contributed by atoms with Gasteiger partial charge >= 0.3 is 0 Å². The van der Waals surface area contributed by atoms with Crippen molar-refractivity contribution in [2.24, 2.45) is 17.8 Å². The van der Waals surface area contributed by atoms with Gasteiger partial charge < -0.3 is 10.2 Å². The minimum absolute atomic E-state index is 0.0189. The van der Waals surface area contributed by atoms with E-state index in [1.807, 2.05) is 18.7 Å². The molecule has 0 spiro atoms. The predicted molar refractivity (Wildman–Crippen MR) is 104 cm³/mol. The lowest BCUT2D eigenvalue weighted by molar-refractivity contribution is -0.135. The summed E-state index contributed by atoms with van der Waals surface area (Å²) in [5, 5.41) is 2.87. The van der Waals surface area contributed by atoms with Crippen LogP contribution in [-0.4, -0.2) is 36.3 Å². The number of carbonyl (C=O) groups excluding carboxylic acids is 2. The monoisotopic (exact) mass is 356 g/mol. The van der Waals surface area contributed by atoms with Gasteiger partial charge in [-0.25, -0.2) is 0 Å². The lowest BCUT2D eigenvalue weighted by atomic mass is 9.99. The first-order valence-corrected chi connectivity index (χ1v) is 10.1. The maximum Gasteiger partial charge on any atom is 0.227 e. The quantitative estimate of drug-likeness (QED) is 0.812. The summed E-state index contributed by atoms with van der Waals surface area (Å²) in [6, 6.07) is 9.06. The molecule has 2 aliphatic rings. The Kier molecular flexibility index (Phi) is 5.69. The van der Waals surface area contributed by atoms with E-state index in [0.717, 1.165) is 19.5 Å². The fourth-order valence-corrected chi connectivity index (χ4v) is 4.33. The Labute approximate surface area is 157 Å². The number of nitrogens with zero attached hydrogens (tertiary/aromatic N) is 1. The molecular weight excluding hydrogens is 324 g/mol. The van der Waals surface area contributed by atoms with Crippen molar-refractivity contribution in [2.45, 2.75) is 52.4 Å². The number of nitrogens with one attached hydrogen (secondary N) is 1. The number of benzene rings is 1. The highest BCUT2D eigenvalue weighted by Crippen LogP contribution is 2.58. The van der Waals surface area contributed by atoms with Gasteiger partial charge in [0.2, 0.25) is 11.8 Å². The average Bonchev–Trinajstić information content (AvgIpc) is 3.14. The van der Waals surface area contributed by atoms with Gasteiger partial charge in [0.05, 0.1) is 5.92 Å². The third kappa shape index (κ3) is 3.79. The summed E-state index contributed by atoms with van der Waals surface area (Å²) in [5.74, 6) is 2.57. The molecule has 1 heterocycles. The number of hydrogen-bond donors (Lipinski definition) is 1. The molecule has 2 fully saturated rings. The second-order valence-corrected chi connectivity index (χ2v) is 8.18. The average molecular weight is 357 g/mol. The van der Waals surface area contributed by atoms with Crippen molar-refractivity contribution in [2.75, 3.05) is 19.6 Å². The van der Waals surface area contributed by atoms with Crippen molar-refractivity contribution >= 4 is 11.8 Å².